The number of fused-ring (bicyclic) bond motifs is 1. The first kappa shape index (κ1) is 20.3. The van der Waals surface area contributed by atoms with Crippen LogP contribution in [0, 0.1) is 5.92 Å². The topological polar surface area (TPSA) is 86.8 Å². The van der Waals surface area contributed by atoms with Crippen molar-refractivity contribution in [1.29, 1.82) is 0 Å². The van der Waals surface area contributed by atoms with Crippen LogP contribution in [-0.4, -0.2) is 65.3 Å². The molecule has 3 aliphatic rings. The molecule has 1 atom stereocenters. The van der Waals surface area contributed by atoms with Gasteiger partial charge in [-0.25, -0.2) is 21.6 Å². The van der Waals surface area contributed by atoms with Crippen molar-refractivity contribution in [3.05, 3.63) is 23.8 Å². The number of nitrogens with zero attached hydrogens (tertiary/aromatic N) is 2. The van der Waals surface area contributed by atoms with Crippen LogP contribution in [0.5, 0.6) is 0 Å². The highest BCUT2D eigenvalue weighted by atomic mass is 32.2. The number of likely N-dealkylation sites (N-methyl/N-ethyl adjacent to an activating group) is 1. The Hall–Kier alpha value is -1.00. The van der Waals surface area contributed by atoms with Gasteiger partial charge >= 0.3 is 0 Å². The second-order valence-electron chi connectivity index (χ2n) is 8.31. The van der Waals surface area contributed by atoms with Gasteiger partial charge in [0.05, 0.1) is 9.79 Å². The first-order chi connectivity index (χ1) is 13.3. The summed E-state index contributed by atoms with van der Waals surface area (Å²) >= 11 is 0. The van der Waals surface area contributed by atoms with Crippen LogP contribution in [-0.2, 0) is 26.5 Å². The first-order valence-electron chi connectivity index (χ1n) is 10.1. The number of piperazine rings is 1. The molecule has 2 fully saturated rings. The molecule has 0 spiro atoms. The Bertz CT molecular complexity index is 932. The lowest BCUT2D eigenvalue weighted by Gasteiger charge is -2.35. The monoisotopic (exact) mass is 427 g/mol. The minimum atomic E-state index is -3.70. The standard InChI is InChI=1S/C19H29N3O4S2/c1-21-9-11-22(12-10-21)28(25,26)17-8-7-16-13-18(15-5-3-2-4-6-15)20-27(23,24)19(16)14-17/h7-8,14-15,18,20H,2-6,9-13H2,1H3/t18-/m1/s1. The normalized spacial score (nSPS) is 27.4. The van der Waals surface area contributed by atoms with Crippen LogP contribution in [0.4, 0.5) is 0 Å². The average Bonchev–Trinajstić information content (AvgIpc) is 2.68. The summed E-state index contributed by atoms with van der Waals surface area (Å²) in [5.74, 6) is 0.366. The molecule has 2 heterocycles. The number of rotatable bonds is 3. The van der Waals surface area contributed by atoms with Crippen molar-refractivity contribution in [2.24, 2.45) is 5.92 Å². The Morgan fingerprint density at radius 2 is 1.71 bits per heavy atom. The quantitative estimate of drug-likeness (QED) is 0.788. The lowest BCUT2D eigenvalue weighted by molar-refractivity contribution is 0.222. The summed E-state index contributed by atoms with van der Waals surface area (Å²) in [7, 11) is -5.43. The van der Waals surface area contributed by atoms with Crippen LogP contribution >= 0.6 is 0 Å². The molecule has 0 radical (unpaired) electrons. The zero-order valence-electron chi connectivity index (χ0n) is 16.3. The molecular formula is C19H29N3O4S2. The SMILES string of the molecule is CN1CCN(S(=O)(=O)c2ccc3c(c2)S(=O)(=O)N[C@@H](C2CCCCC2)C3)CC1. The van der Waals surface area contributed by atoms with Crippen LogP contribution < -0.4 is 4.72 Å². The van der Waals surface area contributed by atoms with Crippen molar-refractivity contribution >= 4 is 20.0 Å². The van der Waals surface area contributed by atoms with Crippen molar-refractivity contribution < 1.29 is 16.8 Å². The van der Waals surface area contributed by atoms with E-state index in [9.17, 15) is 16.8 Å². The Kier molecular flexibility index (Phi) is 5.56. The van der Waals surface area contributed by atoms with Gasteiger partial charge in [-0.05, 0) is 49.9 Å². The zero-order valence-corrected chi connectivity index (χ0v) is 17.9. The maximum Gasteiger partial charge on any atom is 0.243 e. The number of nitrogens with one attached hydrogen (secondary N) is 1. The minimum absolute atomic E-state index is 0.0669. The van der Waals surface area contributed by atoms with Crippen molar-refractivity contribution in [3.8, 4) is 0 Å². The van der Waals surface area contributed by atoms with Crippen LogP contribution in [0.25, 0.3) is 0 Å². The van der Waals surface area contributed by atoms with Gasteiger partial charge in [-0.2, -0.15) is 4.31 Å². The maximum absolute atomic E-state index is 13.0. The van der Waals surface area contributed by atoms with Gasteiger partial charge in [-0.1, -0.05) is 25.3 Å². The van der Waals surface area contributed by atoms with Gasteiger partial charge in [0.2, 0.25) is 20.0 Å². The van der Waals surface area contributed by atoms with Crippen molar-refractivity contribution in [3.63, 3.8) is 0 Å². The predicted molar refractivity (Wildman–Crippen MR) is 107 cm³/mol. The van der Waals surface area contributed by atoms with Gasteiger partial charge in [0.15, 0.2) is 0 Å². The third-order valence-electron chi connectivity index (χ3n) is 6.39. The zero-order chi connectivity index (χ0) is 19.9. The van der Waals surface area contributed by atoms with E-state index in [1.54, 1.807) is 12.1 Å². The van der Waals surface area contributed by atoms with E-state index < -0.39 is 20.0 Å². The molecular weight excluding hydrogens is 398 g/mol. The fraction of sp³-hybridized carbons (Fsp3) is 0.684. The molecule has 156 valence electrons. The molecule has 1 N–H and O–H groups in total. The highest BCUT2D eigenvalue weighted by Crippen LogP contribution is 2.34. The highest BCUT2D eigenvalue weighted by Gasteiger charge is 2.36. The highest BCUT2D eigenvalue weighted by molar-refractivity contribution is 7.90. The van der Waals surface area contributed by atoms with E-state index in [0.717, 1.165) is 31.2 Å². The fourth-order valence-electron chi connectivity index (χ4n) is 4.63. The van der Waals surface area contributed by atoms with Crippen LogP contribution in [0.2, 0.25) is 0 Å². The van der Waals surface area contributed by atoms with Gasteiger partial charge < -0.3 is 4.90 Å². The Balaban J connectivity index is 1.62. The lowest BCUT2D eigenvalue weighted by Crippen LogP contribution is -2.47. The van der Waals surface area contributed by atoms with Gasteiger partial charge in [0, 0.05) is 32.2 Å². The van der Waals surface area contributed by atoms with E-state index in [1.807, 2.05) is 7.05 Å². The summed E-state index contributed by atoms with van der Waals surface area (Å²) in [6, 6.07) is 4.54. The van der Waals surface area contributed by atoms with E-state index in [2.05, 4.69) is 9.62 Å². The van der Waals surface area contributed by atoms with Crippen molar-refractivity contribution in [2.75, 3.05) is 33.2 Å². The molecule has 28 heavy (non-hydrogen) atoms. The van der Waals surface area contributed by atoms with E-state index >= 15 is 0 Å². The van der Waals surface area contributed by atoms with E-state index in [-0.39, 0.29) is 15.8 Å². The molecule has 9 heteroatoms. The molecule has 1 aromatic rings. The van der Waals surface area contributed by atoms with Crippen LogP contribution in [0.15, 0.2) is 28.0 Å². The van der Waals surface area contributed by atoms with Crippen LogP contribution in [0.3, 0.4) is 0 Å². The molecule has 1 aromatic carbocycles. The van der Waals surface area contributed by atoms with Gasteiger partial charge in [-0.3, -0.25) is 0 Å². The summed E-state index contributed by atoms with van der Waals surface area (Å²) in [6.07, 6.45) is 6.26. The van der Waals surface area contributed by atoms with Gasteiger partial charge in [0.1, 0.15) is 0 Å². The average molecular weight is 428 g/mol. The molecule has 2 aliphatic heterocycles. The summed E-state index contributed by atoms with van der Waals surface area (Å²) in [5, 5.41) is 0. The number of hydrogen-bond acceptors (Lipinski definition) is 5. The number of sulfonamides is 2. The molecule has 0 amide bonds. The van der Waals surface area contributed by atoms with E-state index in [4.69, 9.17) is 0 Å². The Morgan fingerprint density at radius 3 is 2.39 bits per heavy atom. The summed E-state index contributed by atoms with van der Waals surface area (Å²) < 4.78 is 56.1. The van der Waals surface area contributed by atoms with Gasteiger partial charge in [0.25, 0.3) is 0 Å². The number of benzene rings is 1. The molecule has 4 rings (SSSR count). The molecule has 0 unspecified atom stereocenters. The van der Waals surface area contributed by atoms with E-state index in [1.165, 1.54) is 16.8 Å². The summed E-state index contributed by atoms with van der Waals surface area (Å²) in [4.78, 5) is 2.27. The molecule has 0 aromatic heterocycles. The van der Waals surface area contributed by atoms with Gasteiger partial charge in [-0.15, -0.1) is 0 Å². The van der Waals surface area contributed by atoms with Crippen molar-refractivity contribution in [1.82, 2.24) is 13.9 Å². The lowest BCUT2D eigenvalue weighted by atomic mass is 9.82. The molecule has 1 aliphatic carbocycles. The predicted octanol–water partition coefficient (Wildman–Crippen LogP) is 1.41. The van der Waals surface area contributed by atoms with Crippen molar-refractivity contribution in [2.45, 2.75) is 54.4 Å². The third-order valence-corrected chi connectivity index (χ3v) is 9.86. The smallest absolute Gasteiger partial charge is 0.243 e. The molecule has 1 saturated heterocycles. The second-order valence-corrected chi connectivity index (χ2v) is 11.9. The largest absolute Gasteiger partial charge is 0.304 e. The van der Waals surface area contributed by atoms with Crippen LogP contribution in [0.1, 0.15) is 37.7 Å². The molecule has 7 nitrogen and oxygen atoms in total. The Labute approximate surface area is 168 Å². The summed E-state index contributed by atoms with van der Waals surface area (Å²) in [5.41, 5.74) is 0.728. The third kappa shape index (κ3) is 3.87. The summed E-state index contributed by atoms with van der Waals surface area (Å²) in [6.45, 7) is 2.19. The number of hydrogen-bond donors (Lipinski definition) is 1. The minimum Gasteiger partial charge on any atom is -0.304 e. The first-order valence-corrected chi connectivity index (χ1v) is 13.0. The fourth-order valence-corrected chi connectivity index (χ4v) is 7.74. The maximum atomic E-state index is 13.0. The molecule has 1 saturated carbocycles. The van der Waals surface area contributed by atoms with E-state index in [0.29, 0.717) is 38.5 Å². The Morgan fingerprint density at radius 1 is 1.04 bits per heavy atom. The second kappa shape index (κ2) is 7.68. The molecule has 0 bridgehead atoms.